The average molecular weight is 380 g/mol. The molecule has 28 heavy (non-hydrogen) atoms. The Kier molecular flexibility index (Phi) is 6.02. The fraction of sp³-hybridized carbons (Fsp3) is 0.391. The van der Waals surface area contributed by atoms with Crippen molar-refractivity contribution >= 4 is 23.2 Å². The second-order valence-electron chi connectivity index (χ2n) is 7.82. The van der Waals surface area contributed by atoms with Crippen LogP contribution in [0.25, 0.3) is 0 Å². The Morgan fingerprint density at radius 1 is 1.14 bits per heavy atom. The molecule has 0 atom stereocenters. The van der Waals surface area contributed by atoms with E-state index < -0.39 is 0 Å². The molecule has 0 aromatic heterocycles. The number of aryl methyl sites for hydroxylation is 2. The van der Waals surface area contributed by atoms with Gasteiger partial charge in [0.25, 0.3) is 5.91 Å². The summed E-state index contributed by atoms with van der Waals surface area (Å²) in [7, 11) is 0. The standard InChI is InChI=1S/C23H29N3O2/c1-15(2)24-23(28)19-7-5-9-21-18(19)8-6-12-26(21)14-22(27)25-20-13-16(3)10-11-17(20)4/h5,7,9-11,13,15H,6,8,12,14H2,1-4H3,(H,24,28)(H,25,27). The van der Waals surface area contributed by atoms with Crippen LogP contribution in [-0.2, 0) is 11.2 Å². The lowest BCUT2D eigenvalue weighted by Crippen LogP contribution is -2.38. The molecule has 1 heterocycles. The summed E-state index contributed by atoms with van der Waals surface area (Å²) in [5, 5.41) is 6.00. The Hall–Kier alpha value is -2.82. The summed E-state index contributed by atoms with van der Waals surface area (Å²) < 4.78 is 0. The number of hydrogen-bond donors (Lipinski definition) is 2. The largest absolute Gasteiger partial charge is 0.362 e. The lowest BCUT2D eigenvalue weighted by molar-refractivity contribution is -0.115. The van der Waals surface area contributed by atoms with Crippen LogP contribution < -0.4 is 15.5 Å². The van der Waals surface area contributed by atoms with Gasteiger partial charge in [0.2, 0.25) is 5.91 Å². The van der Waals surface area contributed by atoms with Crippen LogP contribution in [0.3, 0.4) is 0 Å². The molecule has 0 saturated heterocycles. The number of fused-ring (bicyclic) bond motifs is 1. The number of benzene rings is 2. The van der Waals surface area contributed by atoms with E-state index in [4.69, 9.17) is 0 Å². The van der Waals surface area contributed by atoms with Gasteiger partial charge in [0.15, 0.2) is 0 Å². The van der Waals surface area contributed by atoms with E-state index in [1.165, 1.54) is 0 Å². The molecule has 148 valence electrons. The minimum atomic E-state index is -0.0477. The molecule has 5 nitrogen and oxygen atoms in total. The maximum Gasteiger partial charge on any atom is 0.251 e. The van der Waals surface area contributed by atoms with Gasteiger partial charge in [0, 0.05) is 29.5 Å². The van der Waals surface area contributed by atoms with Gasteiger partial charge in [0.1, 0.15) is 0 Å². The molecule has 2 amide bonds. The summed E-state index contributed by atoms with van der Waals surface area (Å²) in [6.45, 7) is 9.00. The molecule has 0 unspecified atom stereocenters. The van der Waals surface area contributed by atoms with Crippen molar-refractivity contribution in [1.29, 1.82) is 0 Å². The number of hydrogen-bond acceptors (Lipinski definition) is 3. The van der Waals surface area contributed by atoms with Gasteiger partial charge in [-0.3, -0.25) is 9.59 Å². The minimum Gasteiger partial charge on any atom is -0.362 e. The van der Waals surface area contributed by atoms with Crippen molar-refractivity contribution in [3.8, 4) is 0 Å². The molecular weight excluding hydrogens is 350 g/mol. The normalized spacial score (nSPS) is 13.2. The van der Waals surface area contributed by atoms with Crippen molar-refractivity contribution in [3.05, 3.63) is 58.7 Å². The highest BCUT2D eigenvalue weighted by atomic mass is 16.2. The Labute approximate surface area is 167 Å². The maximum atomic E-state index is 12.7. The summed E-state index contributed by atoms with van der Waals surface area (Å²) in [6.07, 6.45) is 1.78. The third-order valence-electron chi connectivity index (χ3n) is 5.01. The highest BCUT2D eigenvalue weighted by molar-refractivity contribution is 5.98. The molecule has 0 bridgehead atoms. The average Bonchev–Trinajstić information content (AvgIpc) is 2.64. The fourth-order valence-electron chi connectivity index (χ4n) is 3.65. The topological polar surface area (TPSA) is 61.4 Å². The molecule has 5 heteroatoms. The number of anilines is 2. The molecule has 2 aromatic rings. The number of carbonyl (C=O) groups excluding carboxylic acids is 2. The van der Waals surface area contributed by atoms with Gasteiger partial charge in [-0.15, -0.1) is 0 Å². The summed E-state index contributed by atoms with van der Waals surface area (Å²) in [5.41, 5.74) is 5.75. The molecule has 2 N–H and O–H groups in total. The maximum absolute atomic E-state index is 12.7. The fourth-order valence-corrected chi connectivity index (χ4v) is 3.65. The quantitative estimate of drug-likeness (QED) is 0.830. The Balaban J connectivity index is 1.78. The smallest absolute Gasteiger partial charge is 0.251 e. The van der Waals surface area contributed by atoms with Crippen molar-refractivity contribution in [2.45, 2.75) is 46.6 Å². The first kappa shape index (κ1) is 19.9. The predicted octanol–water partition coefficient (Wildman–Crippen LogP) is 3.83. The van der Waals surface area contributed by atoms with E-state index >= 15 is 0 Å². The Morgan fingerprint density at radius 2 is 1.93 bits per heavy atom. The van der Waals surface area contributed by atoms with Crippen LogP contribution in [0.15, 0.2) is 36.4 Å². The number of carbonyl (C=O) groups is 2. The molecule has 0 saturated carbocycles. The SMILES string of the molecule is Cc1ccc(C)c(NC(=O)CN2CCCc3c(C(=O)NC(C)C)cccc32)c1. The van der Waals surface area contributed by atoms with E-state index in [2.05, 4.69) is 15.5 Å². The van der Waals surface area contributed by atoms with Crippen molar-refractivity contribution in [3.63, 3.8) is 0 Å². The molecule has 1 aliphatic heterocycles. The number of nitrogens with one attached hydrogen (secondary N) is 2. The molecule has 0 fully saturated rings. The third kappa shape index (κ3) is 4.53. The highest BCUT2D eigenvalue weighted by Gasteiger charge is 2.24. The van der Waals surface area contributed by atoms with E-state index in [-0.39, 0.29) is 24.4 Å². The first-order valence-electron chi connectivity index (χ1n) is 9.90. The van der Waals surface area contributed by atoms with E-state index in [9.17, 15) is 9.59 Å². The van der Waals surface area contributed by atoms with Gasteiger partial charge in [-0.1, -0.05) is 18.2 Å². The predicted molar refractivity (Wildman–Crippen MR) is 114 cm³/mol. The van der Waals surface area contributed by atoms with E-state index in [1.807, 2.05) is 64.1 Å². The zero-order valence-corrected chi connectivity index (χ0v) is 17.1. The number of amides is 2. The monoisotopic (exact) mass is 379 g/mol. The first-order valence-corrected chi connectivity index (χ1v) is 9.90. The van der Waals surface area contributed by atoms with Gasteiger partial charge >= 0.3 is 0 Å². The van der Waals surface area contributed by atoms with Crippen LogP contribution in [-0.4, -0.2) is 30.9 Å². The highest BCUT2D eigenvalue weighted by Crippen LogP contribution is 2.30. The Morgan fingerprint density at radius 3 is 2.68 bits per heavy atom. The van der Waals surface area contributed by atoms with Crippen LogP contribution in [0.4, 0.5) is 11.4 Å². The number of rotatable bonds is 5. The molecule has 0 aliphatic carbocycles. The van der Waals surface area contributed by atoms with Crippen LogP contribution in [0, 0.1) is 13.8 Å². The summed E-state index contributed by atoms with van der Waals surface area (Å²) in [4.78, 5) is 27.3. The van der Waals surface area contributed by atoms with E-state index in [1.54, 1.807) is 0 Å². The van der Waals surface area contributed by atoms with Crippen molar-refractivity contribution in [1.82, 2.24) is 5.32 Å². The third-order valence-corrected chi connectivity index (χ3v) is 5.01. The van der Waals surface area contributed by atoms with E-state index in [0.717, 1.165) is 47.5 Å². The lowest BCUT2D eigenvalue weighted by atomic mass is 9.95. The van der Waals surface area contributed by atoms with Crippen LogP contribution >= 0.6 is 0 Å². The van der Waals surface area contributed by atoms with Gasteiger partial charge < -0.3 is 15.5 Å². The van der Waals surface area contributed by atoms with Crippen LogP contribution in [0.5, 0.6) is 0 Å². The molecule has 0 radical (unpaired) electrons. The van der Waals surface area contributed by atoms with Gasteiger partial charge in [-0.2, -0.15) is 0 Å². The lowest BCUT2D eigenvalue weighted by Gasteiger charge is -2.32. The van der Waals surface area contributed by atoms with E-state index in [0.29, 0.717) is 5.56 Å². The van der Waals surface area contributed by atoms with Gasteiger partial charge in [-0.05, 0) is 75.4 Å². The van der Waals surface area contributed by atoms with Crippen molar-refractivity contribution in [2.75, 3.05) is 23.3 Å². The zero-order valence-electron chi connectivity index (χ0n) is 17.1. The van der Waals surface area contributed by atoms with Crippen molar-refractivity contribution < 1.29 is 9.59 Å². The summed E-state index contributed by atoms with van der Waals surface area (Å²) in [6, 6.07) is 11.9. The molecule has 0 spiro atoms. The second-order valence-corrected chi connectivity index (χ2v) is 7.82. The summed E-state index contributed by atoms with van der Waals surface area (Å²) in [5.74, 6) is -0.0906. The van der Waals surface area contributed by atoms with Crippen molar-refractivity contribution in [2.24, 2.45) is 0 Å². The van der Waals surface area contributed by atoms with Gasteiger partial charge in [-0.25, -0.2) is 0 Å². The van der Waals surface area contributed by atoms with Crippen LogP contribution in [0.1, 0.15) is 47.3 Å². The molecule has 2 aromatic carbocycles. The van der Waals surface area contributed by atoms with Gasteiger partial charge in [0.05, 0.1) is 6.54 Å². The van der Waals surface area contributed by atoms with Crippen LogP contribution in [0.2, 0.25) is 0 Å². The first-order chi connectivity index (χ1) is 13.3. The molecule has 3 rings (SSSR count). The summed E-state index contributed by atoms with van der Waals surface area (Å²) >= 11 is 0. The molecular formula is C23H29N3O2. The zero-order chi connectivity index (χ0) is 20.3. The Bertz CT molecular complexity index is 889. The molecule has 1 aliphatic rings. The minimum absolute atomic E-state index is 0.0430. The second kappa shape index (κ2) is 8.46. The number of nitrogens with zero attached hydrogens (tertiary/aromatic N) is 1.